The van der Waals surface area contributed by atoms with Gasteiger partial charge in [0.1, 0.15) is 244 Å². The Bertz CT molecular complexity index is 3180. The first kappa shape index (κ1) is 98.7. The van der Waals surface area contributed by atoms with Gasteiger partial charge in [0.25, 0.3) is 0 Å². The number of rotatable bonds is 31. The molecule has 696 valence electrons. The number of hydrogen-bond donors (Lipinski definition) is 32. The van der Waals surface area contributed by atoms with E-state index in [1.165, 1.54) is 0 Å². The molecule has 0 aromatic rings. The van der Waals surface area contributed by atoms with E-state index in [-0.39, 0.29) is 0 Å². The number of carbonyl (C=O) groups excluding carboxylic acids is 3. The molecule has 0 bridgehead atoms. The summed E-state index contributed by atoms with van der Waals surface area (Å²) in [6.07, 6.45) is -102. The fraction of sp³-hybridized carbons (Fsp3) is 0.955. The molecule has 0 aliphatic carbocycles. The Morgan fingerprint density at radius 3 is 0.792 bits per heavy atom. The summed E-state index contributed by atoms with van der Waals surface area (Å²) in [5.41, 5.74) is 0. The molecule has 10 saturated heterocycles. The second kappa shape index (κ2) is 43.1. The normalized spacial score (nSPS) is 50.4. The van der Waals surface area contributed by atoms with E-state index >= 15 is 0 Å². The highest BCUT2D eigenvalue weighted by Gasteiger charge is 2.62. The zero-order chi connectivity index (χ0) is 88.2. The highest BCUT2D eigenvalue weighted by Crippen LogP contribution is 2.41. The molecule has 1 unspecified atom stereocenters. The minimum atomic E-state index is -2.65. The van der Waals surface area contributed by atoms with Gasteiger partial charge in [0.15, 0.2) is 62.9 Å². The van der Waals surface area contributed by atoms with Crippen LogP contribution in [0, 0.1) is 0 Å². The molecule has 10 aliphatic rings. The third-order valence-corrected chi connectivity index (χ3v) is 22.1. The van der Waals surface area contributed by atoms with Crippen molar-refractivity contribution in [3.8, 4) is 0 Å². The van der Waals surface area contributed by atoms with E-state index in [1.54, 1.807) is 0 Å². The molecule has 32 N–H and O–H groups in total. The summed E-state index contributed by atoms with van der Waals surface area (Å²) in [5.74, 6) is -2.73. The molecule has 3 amide bonds. The Labute approximate surface area is 678 Å². The van der Waals surface area contributed by atoms with Gasteiger partial charge < -0.3 is 254 Å². The third-order valence-electron chi connectivity index (χ3n) is 22.1. The highest BCUT2D eigenvalue weighted by atomic mass is 16.8. The van der Waals surface area contributed by atoms with Gasteiger partial charge in [-0.2, -0.15) is 0 Å². The molecule has 0 spiro atoms. The second-order valence-corrected chi connectivity index (χ2v) is 30.2. The Hall–Kier alpha value is -3.51. The first-order valence-corrected chi connectivity index (χ1v) is 38.2. The number of aliphatic hydroxyl groups is 29. The lowest BCUT2D eigenvalue weighted by molar-refractivity contribution is -0.414. The van der Waals surface area contributed by atoms with Gasteiger partial charge in [0.2, 0.25) is 17.7 Å². The summed E-state index contributed by atoms with van der Waals surface area (Å²) >= 11 is 0. The van der Waals surface area contributed by atoms with Gasteiger partial charge >= 0.3 is 0 Å². The molecule has 10 aliphatic heterocycles. The minimum absolute atomic E-state index is 0.806. The summed E-state index contributed by atoms with van der Waals surface area (Å²) < 4.78 is 112. The predicted octanol–water partition coefficient (Wildman–Crippen LogP) is -22.4. The average Bonchev–Trinajstić information content (AvgIpc) is 0.762. The van der Waals surface area contributed by atoms with Crippen LogP contribution in [-0.4, -0.2) is 539 Å². The quantitative estimate of drug-likeness (QED) is 0.0306. The van der Waals surface area contributed by atoms with Crippen molar-refractivity contribution in [1.29, 1.82) is 0 Å². The van der Waals surface area contributed by atoms with Crippen molar-refractivity contribution >= 4 is 17.7 Å². The largest absolute Gasteiger partial charge is 0.394 e. The molecule has 54 nitrogen and oxygen atoms in total. The van der Waals surface area contributed by atoms with Gasteiger partial charge in [0, 0.05) is 20.8 Å². The molecule has 0 aromatic carbocycles. The van der Waals surface area contributed by atoms with Crippen LogP contribution in [0.5, 0.6) is 0 Å². The SMILES string of the molecule is CC(=O)N[C@H]1[C@H](O[C@H]2[C@H](O)[C@@H](NC(C)=O)C(O)O[C@@H]2CO)O[C@H](CO)[C@@H](O[C@@H]2O[C@H](CO[C@H]3O[C@H](CO)[C@@H](O)[C@H](O)[C@@H]3O[C@@H]3O[C@H](CO)[C@@H](O[C@@H]4O[C@H](CO)[C@H](O)[C@H](O)[C@H]4O)[C@H](O)[C@H]3NC(C)=O)[C@@H](O)[C@H](O[C@H]3O[C@H](CO)[C@@H](O)[C@H](O)[C@@H]3O[C@H]3O[C@H](CO)[C@@H](O)[C@H](O)[C@@H]3O[C@H]3O[C@H](CO)[C@@H](O)[C@H](O)[C@@H]3O[C@H]3O[C@H](CO)[C@@H](O)[C@H](O)[C@@H]3O)[C@@H]2O)[C@@H]1O. The predicted molar refractivity (Wildman–Crippen MR) is 364 cm³/mol. The van der Waals surface area contributed by atoms with Gasteiger partial charge in [-0.05, 0) is 0 Å². The maximum absolute atomic E-state index is 13.1. The molecule has 0 aromatic heterocycles. The minimum Gasteiger partial charge on any atom is -0.394 e. The van der Waals surface area contributed by atoms with Crippen LogP contribution in [-0.2, 0) is 104 Å². The van der Waals surface area contributed by atoms with Gasteiger partial charge in [-0.15, -0.1) is 0 Å². The van der Waals surface area contributed by atoms with E-state index in [0.29, 0.717) is 0 Å². The van der Waals surface area contributed by atoms with Gasteiger partial charge in [-0.25, -0.2) is 0 Å². The molecule has 10 rings (SSSR count). The monoisotopic (exact) mass is 1760 g/mol. The van der Waals surface area contributed by atoms with E-state index in [1.807, 2.05) is 0 Å². The lowest BCUT2D eigenvalue weighted by Gasteiger charge is -2.51. The van der Waals surface area contributed by atoms with Crippen molar-refractivity contribution in [1.82, 2.24) is 16.0 Å². The molecule has 0 saturated carbocycles. The first-order chi connectivity index (χ1) is 56.8. The summed E-state index contributed by atoms with van der Waals surface area (Å²) in [7, 11) is 0. The lowest BCUT2D eigenvalue weighted by Crippen LogP contribution is -2.70. The van der Waals surface area contributed by atoms with Crippen molar-refractivity contribution in [2.24, 2.45) is 0 Å². The number of hydrogen-bond acceptors (Lipinski definition) is 51. The number of carbonyl (C=O) groups is 3. The first-order valence-electron chi connectivity index (χ1n) is 38.2. The molecule has 54 heteroatoms. The molecule has 10 heterocycles. The van der Waals surface area contributed by atoms with Crippen molar-refractivity contribution in [2.45, 2.75) is 328 Å². The molecule has 50 atom stereocenters. The third kappa shape index (κ3) is 21.2. The van der Waals surface area contributed by atoms with E-state index in [2.05, 4.69) is 16.0 Å². The number of amides is 3. The van der Waals surface area contributed by atoms with Crippen LogP contribution in [0.3, 0.4) is 0 Å². The number of ether oxygens (including phenoxy) is 19. The van der Waals surface area contributed by atoms with Crippen molar-refractivity contribution in [3.05, 3.63) is 0 Å². The van der Waals surface area contributed by atoms with Crippen LogP contribution >= 0.6 is 0 Å². The molecule has 120 heavy (non-hydrogen) atoms. The second-order valence-electron chi connectivity index (χ2n) is 30.2. The topological polar surface area (TPSA) is 849 Å². The molecule has 0 radical (unpaired) electrons. The average molecular weight is 1760 g/mol. The highest BCUT2D eigenvalue weighted by molar-refractivity contribution is 5.74. The maximum atomic E-state index is 13.1. The van der Waals surface area contributed by atoms with E-state index in [0.717, 1.165) is 20.8 Å². The Balaban J connectivity index is 0.994. The zero-order valence-corrected chi connectivity index (χ0v) is 63.9. The Kier molecular flexibility index (Phi) is 35.4. The molecular weight excluding hydrogens is 1650 g/mol. The van der Waals surface area contributed by atoms with Gasteiger partial charge in [-0.1, -0.05) is 0 Å². The van der Waals surface area contributed by atoms with Crippen molar-refractivity contribution in [2.75, 3.05) is 66.1 Å². The maximum Gasteiger partial charge on any atom is 0.217 e. The van der Waals surface area contributed by atoms with Gasteiger partial charge in [0.05, 0.1) is 66.1 Å². The molecule has 10 fully saturated rings. The summed E-state index contributed by atoms with van der Waals surface area (Å²) in [5, 5.41) is 329. The molecular formula is C66H111N3O51. The van der Waals surface area contributed by atoms with Crippen molar-refractivity contribution < 1.29 is 252 Å². The van der Waals surface area contributed by atoms with Crippen LogP contribution in [0.2, 0.25) is 0 Å². The van der Waals surface area contributed by atoms with E-state index < -0.39 is 391 Å². The standard InChI is InChI=1S/C66H111N3O51/c1-14(79)67-27-37(89)49(23(10-76)103-57(27)101)113-58-28(68-15(2)80)38(90)51(25(12-78)110-58)115-62-48(100)52(36(88)26(112-62)13-102-63-53(42(94)32(84)19(6-72)106-63)117-59-29(69-16(3)81)39(91)50(24(11-77)111-59)114-60-46(98)40(92)30(82)17(4-70)104-60)116-64-55(44(96)34(86)20(7-73)107-64)119-66-56(45(97)35(87)22(9-75)109-66)120-65-54(43(95)33(85)21(8-74)108-65)118-61-47(99)41(93)31(83)18(5-71)105-61/h17-66,70-78,82-101H,4-13H2,1-3H3,(H,67,79)(H,68,80)(H,69,81)/t17-,18-,19-,20-,21-,22-,23-,24-,25-,26-,27-,28-,29-,30+,31-,32-,33-,34-,35-,36-,37-,38-,39-,40+,41+,42+,43+,44+,45+,46-,47+,48+,49-,50-,51-,52+,53+,54+,55+,56+,57?,58+,59+,60+,61-,62+,63+,64-,65-,66-/m1/s1. The van der Waals surface area contributed by atoms with Crippen LogP contribution in [0.1, 0.15) is 20.8 Å². The number of aliphatic hydroxyl groups excluding tert-OH is 29. The smallest absolute Gasteiger partial charge is 0.217 e. The summed E-state index contributed by atoms with van der Waals surface area (Å²) in [4.78, 5) is 38.1. The van der Waals surface area contributed by atoms with Crippen LogP contribution in [0.15, 0.2) is 0 Å². The van der Waals surface area contributed by atoms with Crippen LogP contribution in [0.25, 0.3) is 0 Å². The van der Waals surface area contributed by atoms with Crippen LogP contribution in [0.4, 0.5) is 0 Å². The fourth-order valence-electron chi connectivity index (χ4n) is 15.5. The van der Waals surface area contributed by atoms with Crippen molar-refractivity contribution in [3.63, 3.8) is 0 Å². The number of nitrogens with one attached hydrogen (secondary N) is 3. The Morgan fingerprint density at radius 1 is 0.217 bits per heavy atom. The van der Waals surface area contributed by atoms with Crippen LogP contribution < -0.4 is 16.0 Å². The summed E-state index contributed by atoms with van der Waals surface area (Å²) in [6.45, 7) is -8.49. The van der Waals surface area contributed by atoms with E-state index in [9.17, 15) is 162 Å². The van der Waals surface area contributed by atoms with E-state index in [4.69, 9.17) is 90.0 Å². The lowest BCUT2D eigenvalue weighted by atomic mass is 9.94. The van der Waals surface area contributed by atoms with Gasteiger partial charge in [-0.3, -0.25) is 14.4 Å². The Morgan fingerprint density at radius 2 is 0.450 bits per heavy atom. The fourth-order valence-corrected chi connectivity index (χ4v) is 15.5. The summed E-state index contributed by atoms with van der Waals surface area (Å²) in [6, 6.07) is -5.57. The zero-order valence-electron chi connectivity index (χ0n) is 63.9.